The molecule has 2 aliphatic rings. The van der Waals surface area contributed by atoms with E-state index in [1.807, 2.05) is 17.5 Å². The topological polar surface area (TPSA) is 78.5 Å². The predicted molar refractivity (Wildman–Crippen MR) is 109 cm³/mol. The Balaban J connectivity index is 1.32. The van der Waals surface area contributed by atoms with E-state index in [0.29, 0.717) is 23.7 Å². The third kappa shape index (κ3) is 4.42. The number of anilines is 2. The molecule has 1 aromatic heterocycles. The number of piperidine rings is 1. The summed E-state index contributed by atoms with van der Waals surface area (Å²) in [6.45, 7) is 1.13. The van der Waals surface area contributed by atoms with Crippen molar-refractivity contribution in [2.24, 2.45) is 11.8 Å². The first-order valence-electron chi connectivity index (χ1n) is 9.65. The maximum atomic E-state index is 12.7. The second kappa shape index (κ2) is 8.14. The molecule has 4 rings (SSSR count). The van der Waals surface area contributed by atoms with Gasteiger partial charge in [-0.1, -0.05) is 6.07 Å². The molecule has 2 heterocycles. The minimum Gasteiger partial charge on any atom is -0.337 e. The van der Waals surface area contributed by atoms with E-state index in [9.17, 15) is 14.4 Å². The van der Waals surface area contributed by atoms with E-state index < -0.39 is 0 Å². The zero-order valence-corrected chi connectivity index (χ0v) is 16.3. The van der Waals surface area contributed by atoms with E-state index in [2.05, 4.69) is 10.6 Å². The summed E-state index contributed by atoms with van der Waals surface area (Å²) in [5.74, 6) is -0.0615. The molecule has 2 N–H and O–H groups in total. The first-order chi connectivity index (χ1) is 13.6. The van der Waals surface area contributed by atoms with Crippen LogP contribution in [-0.4, -0.2) is 35.7 Å². The van der Waals surface area contributed by atoms with Crippen molar-refractivity contribution in [2.45, 2.75) is 25.7 Å². The number of rotatable bonds is 5. The van der Waals surface area contributed by atoms with Gasteiger partial charge in [0.05, 0.1) is 10.8 Å². The normalized spacial score (nSPS) is 19.1. The van der Waals surface area contributed by atoms with E-state index >= 15 is 0 Å². The van der Waals surface area contributed by atoms with Crippen LogP contribution in [0.25, 0.3) is 0 Å². The van der Waals surface area contributed by atoms with Gasteiger partial charge in [-0.3, -0.25) is 14.4 Å². The van der Waals surface area contributed by atoms with Gasteiger partial charge in [0.25, 0.3) is 5.91 Å². The molecule has 6 nitrogen and oxygen atoms in total. The van der Waals surface area contributed by atoms with Crippen LogP contribution in [-0.2, 0) is 9.59 Å². The van der Waals surface area contributed by atoms with Gasteiger partial charge in [0.1, 0.15) is 0 Å². The van der Waals surface area contributed by atoms with Crippen molar-refractivity contribution in [1.82, 2.24) is 4.90 Å². The number of thiophene rings is 1. The Bertz CT molecular complexity index is 860. The van der Waals surface area contributed by atoms with Crippen LogP contribution in [0, 0.1) is 11.8 Å². The number of hydrogen-bond donors (Lipinski definition) is 2. The summed E-state index contributed by atoms with van der Waals surface area (Å²) in [7, 11) is 0. The van der Waals surface area contributed by atoms with Gasteiger partial charge in [-0.25, -0.2) is 0 Å². The lowest BCUT2D eigenvalue weighted by Gasteiger charge is -2.31. The SMILES string of the molecule is O=C(Nc1ccc(NC(=O)[C@@H]2CCCN(C(=O)c3cccs3)C2)cc1)C1CC1. The zero-order chi connectivity index (χ0) is 19.5. The molecule has 2 fully saturated rings. The van der Waals surface area contributed by atoms with Crippen LogP contribution in [0.3, 0.4) is 0 Å². The van der Waals surface area contributed by atoms with Crippen LogP contribution in [0.4, 0.5) is 11.4 Å². The highest BCUT2D eigenvalue weighted by molar-refractivity contribution is 7.12. The average Bonchev–Trinajstić information content (AvgIpc) is 3.43. The molecular formula is C21H23N3O3S. The second-order valence-electron chi connectivity index (χ2n) is 7.40. The fraction of sp³-hybridized carbons (Fsp3) is 0.381. The summed E-state index contributed by atoms with van der Waals surface area (Å²) in [5.41, 5.74) is 1.43. The maximum Gasteiger partial charge on any atom is 0.263 e. The first-order valence-corrected chi connectivity index (χ1v) is 10.5. The third-order valence-electron chi connectivity index (χ3n) is 5.18. The molecule has 0 unspecified atom stereocenters. The molecule has 3 amide bonds. The van der Waals surface area contributed by atoms with E-state index in [1.54, 1.807) is 29.2 Å². The number of carbonyl (C=O) groups is 3. The number of amides is 3. The molecule has 1 saturated carbocycles. The predicted octanol–water partition coefficient (Wildman–Crippen LogP) is 3.59. The Kier molecular flexibility index (Phi) is 5.43. The van der Waals surface area contributed by atoms with Crippen molar-refractivity contribution >= 4 is 40.4 Å². The third-order valence-corrected chi connectivity index (χ3v) is 6.04. The number of hydrogen-bond acceptors (Lipinski definition) is 4. The molecule has 0 radical (unpaired) electrons. The average molecular weight is 398 g/mol. The summed E-state index contributed by atoms with van der Waals surface area (Å²) in [5, 5.41) is 7.71. The smallest absolute Gasteiger partial charge is 0.263 e. The number of nitrogens with one attached hydrogen (secondary N) is 2. The van der Waals surface area contributed by atoms with E-state index in [0.717, 1.165) is 31.4 Å². The highest BCUT2D eigenvalue weighted by atomic mass is 32.1. The van der Waals surface area contributed by atoms with Crippen LogP contribution in [0.2, 0.25) is 0 Å². The number of likely N-dealkylation sites (tertiary alicyclic amines) is 1. The summed E-state index contributed by atoms with van der Waals surface area (Å²) < 4.78 is 0. The lowest BCUT2D eigenvalue weighted by atomic mass is 9.97. The zero-order valence-electron chi connectivity index (χ0n) is 15.5. The maximum absolute atomic E-state index is 12.7. The molecular weight excluding hydrogens is 374 g/mol. The Morgan fingerprint density at radius 1 is 0.893 bits per heavy atom. The number of benzene rings is 1. The van der Waals surface area contributed by atoms with Gasteiger partial charge in [-0.2, -0.15) is 0 Å². The molecule has 1 aromatic carbocycles. The van der Waals surface area contributed by atoms with Crippen molar-refractivity contribution in [1.29, 1.82) is 0 Å². The quantitative estimate of drug-likeness (QED) is 0.809. The molecule has 0 spiro atoms. The van der Waals surface area contributed by atoms with Gasteiger partial charge >= 0.3 is 0 Å². The molecule has 7 heteroatoms. The Labute approximate surface area is 167 Å². The molecule has 1 aliphatic carbocycles. The van der Waals surface area contributed by atoms with Gasteiger partial charge < -0.3 is 15.5 Å². The molecule has 1 atom stereocenters. The van der Waals surface area contributed by atoms with Crippen molar-refractivity contribution in [3.8, 4) is 0 Å². The number of carbonyl (C=O) groups excluding carboxylic acids is 3. The molecule has 146 valence electrons. The summed E-state index contributed by atoms with van der Waals surface area (Å²) in [4.78, 5) is 39.5. The van der Waals surface area contributed by atoms with Crippen LogP contribution < -0.4 is 10.6 Å². The van der Waals surface area contributed by atoms with Crippen LogP contribution in [0.1, 0.15) is 35.4 Å². The van der Waals surface area contributed by atoms with Crippen molar-refractivity contribution < 1.29 is 14.4 Å². The highest BCUT2D eigenvalue weighted by Crippen LogP contribution is 2.30. The van der Waals surface area contributed by atoms with Crippen molar-refractivity contribution in [3.05, 3.63) is 46.7 Å². The van der Waals surface area contributed by atoms with Gasteiger partial charge in [0, 0.05) is 30.4 Å². The Morgan fingerprint density at radius 2 is 1.54 bits per heavy atom. The first kappa shape index (κ1) is 18.7. The monoisotopic (exact) mass is 397 g/mol. The molecule has 1 aliphatic heterocycles. The largest absolute Gasteiger partial charge is 0.337 e. The summed E-state index contributed by atoms with van der Waals surface area (Å²) >= 11 is 1.43. The van der Waals surface area contributed by atoms with Gasteiger partial charge in [-0.15, -0.1) is 11.3 Å². The van der Waals surface area contributed by atoms with Gasteiger partial charge in [-0.05, 0) is 61.4 Å². The van der Waals surface area contributed by atoms with Crippen LogP contribution in [0.15, 0.2) is 41.8 Å². The van der Waals surface area contributed by atoms with Gasteiger partial charge in [0.2, 0.25) is 11.8 Å². The van der Waals surface area contributed by atoms with Crippen molar-refractivity contribution in [3.63, 3.8) is 0 Å². The molecule has 2 aromatic rings. The van der Waals surface area contributed by atoms with Crippen molar-refractivity contribution in [2.75, 3.05) is 23.7 Å². The van der Waals surface area contributed by atoms with E-state index in [1.165, 1.54) is 11.3 Å². The minimum absolute atomic E-state index is 0.00302. The summed E-state index contributed by atoms with van der Waals surface area (Å²) in [6, 6.07) is 10.9. The van der Waals surface area contributed by atoms with Crippen LogP contribution >= 0.6 is 11.3 Å². The van der Waals surface area contributed by atoms with E-state index in [4.69, 9.17) is 0 Å². The number of nitrogens with zero attached hydrogens (tertiary/aromatic N) is 1. The lowest BCUT2D eigenvalue weighted by Crippen LogP contribution is -2.43. The molecule has 1 saturated heterocycles. The Morgan fingerprint density at radius 3 is 2.11 bits per heavy atom. The molecule has 0 bridgehead atoms. The van der Waals surface area contributed by atoms with Gasteiger partial charge in [0.15, 0.2) is 0 Å². The van der Waals surface area contributed by atoms with E-state index in [-0.39, 0.29) is 29.6 Å². The highest BCUT2D eigenvalue weighted by Gasteiger charge is 2.30. The Hall–Kier alpha value is -2.67. The fourth-order valence-corrected chi connectivity index (χ4v) is 4.09. The summed E-state index contributed by atoms with van der Waals surface area (Å²) in [6.07, 6.45) is 3.53. The van der Waals surface area contributed by atoms with Crippen LogP contribution in [0.5, 0.6) is 0 Å². The minimum atomic E-state index is -0.216. The second-order valence-corrected chi connectivity index (χ2v) is 8.35. The fourth-order valence-electron chi connectivity index (χ4n) is 3.40. The lowest BCUT2D eigenvalue weighted by molar-refractivity contribution is -0.121. The molecule has 28 heavy (non-hydrogen) atoms. The standard InChI is InChI=1S/C21H23N3O3S/c25-19(14-5-6-14)22-16-7-9-17(10-8-16)23-20(26)15-3-1-11-24(13-15)21(27)18-4-2-12-28-18/h2,4,7-10,12,14-15H,1,3,5-6,11,13H2,(H,22,25)(H,23,26)/t15-/m1/s1.